The van der Waals surface area contributed by atoms with Gasteiger partial charge in [0.05, 0.1) is 42.8 Å². The first kappa shape index (κ1) is 23.2. The predicted octanol–water partition coefficient (Wildman–Crippen LogP) is 4.41. The van der Waals surface area contributed by atoms with Crippen molar-refractivity contribution in [2.45, 2.75) is 32.8 Å². The molecular formula is C21H22N4O6. The first-order valence-corrected chi connectivity index (χ1v) is 9.12. The van der Waals surface area contributed by atoms with Gasteiger partial charge in [-0.2, -0.15) is 5.26 Å². The van der Waals surface area contributed by atoms with Gasteiger partial charge in [0.1, 0.15) is 5.60 Å². The highest BCUT2D eigenvalue weighted by Crippen LogP contribution is 2.29. The van der Waals surface area contributed by atoms with Gasteiger partial charge in [-0.05, 0) is 20.8 Å². The van der Waals surface area contributed by atoms with Gasteiger partial charge < -0.3 is 19.3 Å². The third-order valence-corrected chi connectivity index (χ3v) is 3.60. The molecule has 31 heavy (non-hydrogen) atoms. The van der Waals surface area contributed by atoms with Crippen molar-refractivity contribution in [1.82, 2.24) is 9.97 Å². The van der Waals surface area contributed by atoms with E-state index in [-0.39, 0.29) is 35.1 Å². The van der Waals surface area contributed by atoms with Crippen LogP contribution in [0.25, 0.3) is 16.8 Å². The first-order valence-electron chi connectivity index (χ1n) is 9.12. The fourth-order valence-corrected chi connectivity index (χ4v) is 2.44. The van der Waals surface area contributed by atoms with E-state index in [1.165, 1.54) is 13.3 Å². The molecule has 1 aromatic heterocycles. The van der Waals surface area contributed by atoms with Crippen molar-refractivity contribution in [2.24, 2.45) is 0 Å². The minimum Gasteiger partial charge on any atom is -0.468 e. The van der Waals surface area contributed by atoms with Gasteiger partial charge in [-0.25, -0.2) is 19.6 Å². The lowest BCUT2D eigenvalue weighted by Crippen LogP contribution is -2.24. The maximum atomic E-state index is 12.1. The topological polar surface area (TPSA) is 144 Å². The second-order valence-electron chi connectivity index (χ2n) is 7.12. The molecule has 10 heteroatoms. The monoisotopic (exact) mass is 426 g/mol. The Balaban J connectivity index is 2.57. The van der Waals surface area contributed by atoms with E-state index in [1.54, 1.807) is 51.1 Å². The van der Waals surface area contributed by atoms with Crippen LogP contribution in [0, 0.1) is 11.3 Å². The number of ether oxygens (including phenoxy) is 3. The molecule has 1 amide bonds. The second-order valence-corrected chi connectivity index (χ2v) is 7.12. The molecule has 10 nitrogen and oxygen atoms in total. The molecule has 0 aliphatic rings. The number of amides is 1. The van der Waals surface area contributed by atoms with Crippen LogP contribution >= 0.6 is 0 Å². The minimum atomic E-state index is -1.29. The molecule has 0 saturated carbocycles. The van der Waals surface area contributed by atoms with Crippen molar-refractivity contribution in [3.63, 3.8) is 0 Å². The molecule has 0 spiro atoms. The maximum Gasteiger partial charge on any atom is 0.516 e. The van der Waals surface area contributed by atoms with Crippen molar-refractivity contribution in [3.8, 4) is 17.3 Å². The first-order chi connectivity index (χ1) is 14.6. The average Bonchev–Trinajstić information content (AvgIpc) is 2.70. The molecule has 0 aliphatic carbocycles. The van der Waals surface area contributed by atoms with Crippen molar-refractivity contribution in [3.05, 3.63) is 48.3 Å². The zero-order valence-electron chi connectivity index (χ0n) is 17.5. The second kappa shape index (κ2) is 10.1. The third-order valence-electron chi connectivity index (χ3n) is 3.60. The number of nitriles is 1. The normalized spacial score (nSPS) is 11.6. The molecule has 0 atom stereocenters. The van der Waals surface area contributed by atoms with E-state index in [9.17, 15) is 14.9 Å². The van der Waals surface area contributed by atoms with E-state index < -0.39 is 17.8 Å². The standard InChI is InChI=1S/C21H22N4O6/c1-21(2,3)31-20(28)30-18(29-4)14(10-11-22)17-23-12-15(24-19(26)27)16(25-17)13-8-6-5-7-9-13/h5-9,12,24H,10H2,1-4H3,(H,26,27). The van der Waals surface area contributed by atoms with E-state index in [0.29, 0.717) is 5.56 Å². The summed E-state index contributed by atoms with van der Waals surface area (Å²) in [6, 6.07) is 10.8. The molecule has 2 rings (SSSR count). The summed E-state index contributed by atoms with van der Waals surface area (Å²) in [4.78, 5) is 31.8. The summed E-state index contributed by atoms with van der Waals surface area (Å²) >= 11 is 0. The van der Waals surface area contributed by atoms with Crippen LogP contribution in [0.15, 0.2) is 42.5 Å². The summed E-state index contributed by atoms with van der Waals surface area (Å²) in [5, 5.41) is 20.6. The van der Waals surface area contributed by atoms with Crippen LogP contribution in [-0.2, 0) is 14.2 Å². The molecular weight excluding hydrogens is 404 g/mol. The van der Waals surface area contributed by atoms with Crippen LogP contribution in [0.3, 0.4) is 0 Å². The van der Waals surface area contributed by atoms with E-state index >= 15 is 0 Å². The third kappa shape index (κ3) is 6.71. The summed E-state index contributed by atoms with van der Waals surface area (Å²) in [5.41, 5.74) is 0.321. The van der Waals surface area contributed by atoms with E-state index in [0.717, 1.165) is 0 Å². The van der Waals surface area contributed by atoms with Gasteiger partial charge in [-0.1, -0.05) is 30.3 Å². The van der Waals surface area contributed by atoms with Gasteiger partial charge in [0.25, 0.3) is 5.95 Å². The number of methoxy groups -OCH3 is 1. The van der Waals surface area contributed by atoms with Crippen molar-refractivity contribution < 1.29 is 28.9 Å². The molecule has 1 heterocycles. The molecule has 0 saturated heterocycles. The lowest BCUT2D eigenvalue weighted by Gasteiger charge is -2.19. The van der Waals surface area contributed by atoms with Crippen molar-refractivity contribution in [2.75, 3.05) is 12.4 Å². The molecule has 0 fully saturated rings. The number of carbonyl (C=O) groups is 2. The molecule has 0 aliphatic heterocycles. The van der Waals surface area contributed by atoms with Gasteiger partial charge in [-0.3, -0.25) is 5.32 Å². The SMILES string of the molecule is COC(OC(=O)OC(C)(C)C)=C(CC#N)c1ncc(NC(=O)O)c(-c2ccccc2)n1. The number of nitrogens with one attached hydrogen (secondary N) is 1. The summed E-state index contributed by atoms with van der Waals surface area (Å²) in [7, 11) is 1.26. The largest absolute Gasteiger partial charge is 0.516 e. The summed E-state index contributed by atoms with van der Waals surface area (Å²) < 4.78 is 15.4. The Bertz CT molecular complexity index is 1020. The van der Waals surface area contributed by atoms with E-state index in [4.69, 9.17) is 19.3 Å². The lowest BCUT2D eigenvalue weighted by atomic mass is 10.1. The zero-order valence-corrected chi connectivity index (χ0v) is 17.5. The maximum absolute atomic E-state index is 12.1. The Morgan fingerprint density at radius 1 is 1.23 bits per heavy atom. The van der Waals surface area contributed by atoms with Gasteiger partial charge in [-0.15, -0.1) is 0 Å². The fraction of sp³-hybridized carbons (Fsp3) is 0.286. The van der Waals surface area contributed by atoms with Crippen LogP contribution < -0.4 is 5.32 Å². The number of carboxylic acid groups (broad SMARTS) is 1. The van der Waals surface area contributed by atoms with Gasteiger partial charge in [0.2, 0.25) is 0 Å². The molecule has 2 N–H and O–H groups in total. The Morgan fingerprint density at radius 3 is 2.45 bits per heavy atom. The molecule has 0 radical (unpaired) electrons. The Labute approximate surface area is 179 Å². The molecule has 1 aromatic carbocycles. The number of aromatic nitrogens is 2. The quantitative estimate of drug-likeness (QED) is 0.507. The van der Waals surface area contributed by atoms with Crippen LogP contribution in [0.5, 0.6) is 0 Å². The summed E-state index contributed by atoms with van der Waals surface area (Å²) in [6.45, 7) is 5.01. The number of anilines is 1. The number of hydrogen-bond acceptors (Lipinski definition) is 8. The van der Waals surface area contributed by atoms with Crippen molar-refractivity contribution in [1.29, 1.82) is 5.26 Å². The van der Waals surface area contributed by atoms with Gasteiger partial charge in [0, 0.05) is 5.56 Å². The van der Waals surface area contributed by atoms with E-state index in [2.05, 4.69) is 15.3 Å². The fourth-order valence-electron chi connectivity index (χ4n) is 2.44. The predicted molar refractivity (Wildman–Crippen MR) is 111 cm³/mol. The summed E-state index contributed by atoms with van der Waals surface area (Å²) in [6.07, 6.45) is -1.29. The Kier molecular flexibility index (Phi) is 7.52. The van der Waals surface area contributed by atoms with Crippen LogP contribution in [-0.4, -0.2) is 40.0 Å². The molecule has 2 aromatic rings. The number of rotatable bonds is 6. The number of carbonyl (C=O) groups excluding carboxylic acids is 1. The van der Waals surface area contributed by atoms with Gasteiger partial charge in [0.15, 0.2) is 5.82 Å². The van der Waals surface area contributed by atoms with E-state index in [1.807, 2.05) is 6.07 Å². The molecule has 162 valence electrons. The van der Waals surface area contributed by atoms with Crippen LogP contribution in [0.2, 0.25) is 0 Å². The Hall–Kier alpha value is -4.13. The Morgan fingerprint density at radius 2 is 1.90 bits per heavy atom. The summed E-state index contributed by atoms with van der Waals surface area (Å²) in [5.74, 6) is -0.273. The van der Waals surface area contributed by atoms with Crippen LogP contribution in [0.1, 0.15) is 33.0 Å². The van der Waals surface area contributed by atoms with Crippen molar-refractivity contribution >= 4 is 23.5 Å². The average molecular weight is 426 g/mol. The molecule has 0 unspecified atom stereocenters. The van der Waals surface area contributed by atoms with Gasteiger partial charge >= 0.3 is 12.2 Å². The number of allylic oxidation sites excluding steroid dienone is 1. The highest BCUT2D eigenvalue weighted by molar-refractivity contribution is 5.89. The number of nitrogens with zero attached hydrogens (tertiary/aromatic N) is 3. The highest BCUT2D eigenvalue weighted by Gasteiger charge is 2.24. The lowest BCUT2D eigenvalue weighted by molar-refractivity contribution is -0.0160. The highest BCUT2D eigenvalue weighted by atomic mass is 16.8. The zero-order chi connectivity index (χ0) is 23.0. The number of hydrogen-bond donors (Lipinski definition) is 2. The molecule has 0 bridgehead atoms. The smallest absolute Gasteiger partial charge is 0.468 e. The van der Waals surface area contributed by atoms with Crippen LogP contribution in [0.4, 0.5) is 15.3 Å². The number of benzene rings is 1. The minimum absolute atomic E-state index is 0.0248.